The van der Waals surface area contributed by atoms with Gasteiger partial charge in [-0.15, -0.1) is 0 Å². The van der Waals surface area contributed by atoms with Crippen molar-refractivity contribution in [3.8, 4) is 5.75 Å². The van der Waals surface area contributed by atoms with E-state index in [1.54, 1.807) is 0 Å². The molecule has 0 aliphatic heterocycles. The Morgan fingerprint density at radius 2 is 0.811 bits per heavy atom. The second-order valence-corrected chi connectivity index (χ2v) is 14.2. The van der Waals surface area contributed by atoms with E-state index in [2.05, 4.69) is 36.2 Å². The van der Waals surface area contributed by atoms with Crippen molar-refractivity contribution in [2.45, 2.75) is 117 Å². The summed E-state index contributed by atoms with van der Waals surface area (Å²) in [6.45, 7) is 10.7. The normalized spacial score (nSPS) is 11.8. The minimum absolute atomic E-state index is 0.0367. The molecule has 0 unspecified atom stereocenters. The molecule has 53 heavy (non-hydrogen) atoms. The first kappa shape index (κ1) is 49.6. The van der Waals surface area contributed by atoms with E-state index in [1.807, 2.05) is 0 Å². The number of ether oxygens (including phenoxy) is 8. The van der Waals surface area contributed by atoms with E-state index in [9.17, 15) is 8.42 Å². The van der Waals surface area contributed by atoms with Crippen molar-refractivity contribution in [3.63, 3.8) is 0 Å². The Labute approximate surface area is 322 Å². The van der Waals surface area contributed by atoms with Gasteiger partial charge in [-0.1, -0.05) is 103 Å². The summed E-state index contributed by atoms with van der Waals surface area (Å²) >= 11 is 0. The number of aryl methyl sites for hydroxylation is 2. The van der Waals surface area contributed by atoms with Gasteiger partial charge in [-0.3, -0.25) is 4.55 Å². The number of unbranched alkanes of at least 4 members (excludes halogenated alkanes) is 12. The molecule has 312 valence electrons. The molecule has 13 heteroatoms. The Morgan fingerprint density at radius 1 is 0.453 bits per heavy atom. The van der Waals surface area contributed by atoms with Crippen molar-refractivity contribution in [2.75, 3.05) is 106 Å². The van der Waals surface area contributed by atoms with Gasteiger partial charge in [0.15, 0.2) is 0 Å². The summed E-state index contributed by atoms with van der Waals surface area (Å²) in [6, 6.07) is 6.82. The highest BCUT2D eigenvalue weighted by molar-refractivity contribution is 7.80. The van der Waals surface area contributed by atoms with E-state index in [0.717, 1.165) is 18.6 Å². The lowest BCUT2D eigenvalue weighted by molar-refractivity contribution is -0.0219. The zero-order chi connectivity index (χ0) is 38.3. The minimum atomic E-state index is -4.42. The topological polar surface area (TPSA) is 137 Å². The molecule has 0 aromatic heterocycles. The Kier molecular flexibility index (Phi) is 35.1. The molecule has 0 heterocycles. The van der Waals surface area contributed by atoms with Crippen LogP contribution < -0.4 is 4.74 Å². The molecule has 0 atom stereocenters. The van der Waals surface area contributed by atoms with Crippen LogP contribution in [0.15, 0.2) is 18.2 Å². The average molecular weight is 779 g/mol. The Hall–Kier alpha value is -1.39. The van der Waals surface area contributed by atoms with Gasteiger partial charge in [0.1, 0.15) is 12.4 Å². The lowest BCUT2D eigenvalue weighted by Crippen LogP contribution is -2.15. The summed E-state index contributed by atoms with van der Waals surface area (Å²) in [4.78, 5) is 0. The molecule has 0 spiro atoms. The summed E-state index contributed by atoms with van der Waals surface area (Å²) in [5.41, 5.74) is 2.78. The Morgan fingerprint density at radius 3 is 1.23 bits per heavy atom. The second kappa shape index (κ2) is 37.5. The highest BCUT2D eigenvalue weighted by atomic mass is 32.3. The lowest BCUT2D eigenvalue weighted by atomic mass is 9.99. The average Bonchev–Trinajstić information content (AvgIpc) is 3.14. The molecule has 0 aliphatic rings. The first-order valence-electron chi connectivity index (χ1n) is 20.4. The maximum absolute atomic E-state index is 10.4. The third-order valence-corrected chi connectivity index (χ3v) is 8.89. The monoisotopic (exact) mass is 778 g/mol. The zero-order valence-corrected chi connectivity index (χ0v) is 34.0. The van der Waals surface area contributed by atoms with Crippen LogP contribution in [-0.2, 0) is 60.6 Å². The van der Waals surface area contributed by atoms with E-state index in [-0.39, 0.29) is 19.8 Å². The van der Waals surface area contributed by atoms with Crippen molar-refractivity contribution >= 4 is 10.4 Å². The molecule has 1 N–H and O–H groups in total. The first-order valence-corrected chi connectivity index (χ1v) is 21.7. The van der Waals surface area contributed by atoms with Gasteiger partial charge in [0.05, 0.1) is 99.1 Å². The fraction of sp³-hybridized carbons (Fsp3) is 0.850. The highest BCUT2D eigenvalue weighted by Gasteiger charge is 2.07. The summed E-state index contributed by atoms with van der Waals surface area (Å²) < 4.78 is 77.7. The molecule has 0 saturated carbocycles. The maximum Gasteiger partial charge on any atom is 0.397 e. The predicted molar refractivity (Wildman–Crippen MR) is 209 cm³/mol. The van der Waals surface area contributed by atoms with Gasteiger partial charge in [-0.05, 0) is 42.9 Å². The van der Waals surface area contributed by atoms with Crippen molar-refractivity contribution in [1.82, 2.24) is 0 Å². The molecule has 0 radical (unpaired) electrons. The van der Waals surface area contributed by atoms with E-state index in [1.165, 1.54) is 101 Å². The van der Waals surface area contributed by atoms with Gasteiger partial charge in [-0.25, -0.2) is 4.18 Å². The van der Waals surface area contributed by atoms with Crippen molar-refractivity contribution in [3.05, 3.63) is 29.3 Å². The van der Waals surface area contributed by atoms with E-state index in [0.29, 0.717) is 85.9 Å². The third-order valence-electron chi connectivity index (χ3n) is 8.42. The molecular weight excluding hydrogens is 704 g/mol. The summed E-state index contributed by atoms with van der Waals surface area (Å²) in [5, 5.41) is 0. The lowest BCUT2D eigenvalue weighted by Gasteiger charge is -2.14. The van der Waals surface area contributed by atoms with Crippen LogP contribution in [0.4, 0.5) is 0 Å². The quantitative estimate of drug-likeness (QED) is 0.0517. The maximum atomic E-state index is 10.4. The highest BCUT2D eigenvalue weighted by Crippen LogP contribution is 2.24. The van der Waals surface area contributed by atoms with Gasteiger partial charge in [-0.2, -0.15) is 8.42 Å². The van der Waals surface area contributed by atoms with Crippen LogP contribution in [0.1, 0.15) is 115 Å². The van der Waals surface area contributed by atoms with E-state index >= 15 is 0 Å². The van der Waals surface area contributed by atoms with Gasteiger partial charge in [0, 0.05) is 0 Å². The molecule has 1 aromatic carbocycles. The molecule has 12 nitrogen and oxygen atoms in total. The smallest absolute Gasteiger partial charge is 0.397 e. The predicted octanol–water partition coefficient (Wildman–Crippen LogP) is 7.59. The SMILES string of the molecule is CCCCCCCCCc1ccc(OCCOCCOCCOCCOCCOCCOCCOCCOS(=O)(=O)O)c(CCCCCCCCC)c1. The van der Waals surface area contributed by atoms with E-state index in [4.69, 9.17) is 42.4 Å². The molecule has 0 amide bonds. The van der Waals surface area contributed by atoms with Gasteiger partial charge < -0.3 is 37.9 Å². The van der Waals surface area contributed by atoms with Crippen LogP contribution in [0.5, 0.6) is 5.75 Å². The standard InChI is InChI=1S/C40H74O12S/c1-3-5-7-9-11-13-15-17-38-19-20-40(39(37-38)18-16-14-12-10-8-6-4-2)51-35-33-49-31-29-47-27-25-45-23-21-44-22-24-46-26-28-48-30-32-50-34-36-52-53(41,42)43/h19-20,37H,3-18,21-36H2,1-2H3,(H,41,42,43). The van der Waals surface area contributed by atoms with Crippen LogP contribution >= 0.6 is 0 Å². The van der Waals surface area contributed by atoms with Crippen LogP contribution in [-0.4, -0.2) is 119 Å². The van der Waals surface area contributed by atoms with Gasteiger partial charge in [0.2, 0.25) is 0 Å². The number of rotatable bonds is 42. The molecule has 1 aromatic rings. The molecule has 0 aliphatic carbocycles. The summed E-state index contributed by atoms with van der Waals surface area (Å²) in [5.74, 6) is 1.00. The first-order chi connectivity index (χ1) is 26.0. The second-order valence-electron chi connectivity index (χ2n) is 13.1. The van der Waals surface area contributed by atoms with Crippen molar-refractivity contribution in [1.29, 1.82) is 0 Å². The molecule has 1 rings (SSSR count). The molecule has 0 saturated heterocycles. The Bertz CT molecular complexity index is 1030. The van der Waals surface area contributed by atoms with Gasteiger partial charge in [0.25, 0.3) is 0 Å². The minimum Gasteiger partial charge on any atom is -0.491 e. The third kappa shape index (κ3) is 34.8. The summed E-state index contributed by atoms with van der Waals surface area (Å²) in [7, 11) is -4.42. The van der Waals surface area contributed by atoms with Crippen LogP contribution in [0, 0.1) is 0 Å². The van der Waals surface area contributed by atoms with Crippen LogP contribution in [0.25, 0.3) is 0 Å². The number of hydrogen-bond donors (Lipinski definition) is 1. The number of benzene rings is 1. The van der Waals surface area contributed by atoms with Crippen LogP contribution in [0.2, 0.25) is 0 Å². The summed E-state index contributed by atoms with van der Waals surface area (Å²) in [6.07, 6.45) is 20.8. The zero-order valence-electron chi connectivity index (χ0n) is 33.2. The fourth-order valence-electron chi connectivity index (χ4n) is 5.51. The van der Waals surface area contributed by atoms with Gasteiger partial charge >= 0.3 is 10.4 Å². The van der Waals surface area contributed by atoms with Crippen molar-refractivity contribution in [2.24, 2.45) is 0 Å². The molecule has 0 bridgehead atoms. The fourth-order valence-corrected chi connectivity index (χ4v) is 5.79. The van der Waals surface area contributed by atoms with Crippen LogP contribution in [0.3, 0.4) is 0 Å². The van der Waals surface area contributed by atoms with E-state index < -0.39 is 10.4 Å². The van der Waals surface area contributed by atoms with Crippen molar-refractivity contribution < 1.29 is 55.0 Å². The largest absolute Gasteiger partial charge is 0.491 e. The molecular formula is C40H74O12S. The Balaban J connectivity index is 2.03. The number of hydrogen-bond acceptors (Lipinski definition) is 11. The molecule has 0 fully saturated rings.